The number of piperidine rings is 1. The molecule has 7 heteroatoms. The Morgan fingerprint density at radius 1 is 1.08 bits per heavy atom. The summed E-state index contributed by atoms with van der Waals surface area (Å²) in [6.45, 7) is 5.26. The molecule has 0 spiro atoms. The van der Waals surface area contributed by atoms with Gasteiger partial charge in [0.2, 0.25) is 5.91 Å². The Kier molecular flexibility index (Phi) is 6.04. The first-order valence-electron chi connectivity index (χ1n) is 12.7. The molecule has 1 atom stereocenters. The number of carbonyl (C=O) groups is 1. The molecule has 5 aromatic rings. The first-order chi connectivity index (χ1) is 18.1. The monoisotopic (exact) mass is 491 g/mol. The van der Waals surface area contributed by atoms with Gasteiger partial charge in [0.1, 0.15) is 5.58 Å². The second-order valence-electron chi connectivity index (χ2n) is 9.83. The van der Waals surface area contributed by atoms with Gasteiger partial charge in [-0.25, -0.2) is 0 Å². The molecule has 186 valence electrons. The number of anilines is 1. The van der Waals surface area contributed by atoms with Gasteiger partial charge in [-0.3, -0.25) is 19.7 Å². The van der Waals surface area contributed by atoms with Gasteiger partial charge in [0.05, 0.1) is 23.3 Å². The van der Waals surface area contributed by atoms with Crippen molar-refractivity contribution < 1.29 is 9.21 Å². The third kappa shape index (κ3) is 4.53. The van der Waals surface area contributed by atoms with Crippen molar-refractivity contribution >= 4 is 33.6 Å². The van der Waals surface area contributed by atoms with Crippen molar-refractivity contribution in [2.75, 3.05) is 18.4 Å². The molecule has 37 heavy (non-hydrogen) atoms. The van der Waals surface area contributed by atoms with E-state index in [-0.39, 0.29) is 11.9 Å². The Hall–Kier alpha value is -4.26. The van der Waals surface area contributed by atoms with Gasteiger partial charge < -0.3 is 14.6 Å². The van der Waals surface area contributed by atoms with E-state index in [1.54, 1.807) is 31.8 Å². The second kappa shape index (κ2) is 9.65. The van der Waals surface area contributed by atoms with Crippen LogP contribution in [0, 0.1) is 12.8 Å². The molecule has 7 nitrogen and oxygen atoms in total. The number of aryl methyl sites for hydroxylation is 1. The van der Waals surface area contributed by atoms with Gasteiger partial charge in [0.25, 0.3) is 0 Å². The van der Waals surface area contributed by atoms with Gasteiger partial charge in [-0.05, 0) is 72.7 Å². The Morgan fingerprint density at radius 2 is 1.92 bits per heavy atom. The molecule has 6 rings (SSSR count). The van der Waals surface area contributed by atoms with Crippen LogP contribution in [0.1, 0.15) is 36.9 Å². The lowest BCUT2D eigenvalue weighted by Crippen LogP contribution is -2.39. The Labute approximate surface area is 215 Å². The third-order valence-electron chi connectivity index (χ3n) is 7.47. The second-order valence-corrected chi connectivity index (χ2v) is 9.83. The zero-order valence-corrected chi connectivity index (χ0v) is 21.0. The summed E-state index contributed by atoms with van der Waals surface area (Å²) in [7, 11) is 0. The molecule has 4 heterocycles. The van der Waals surface area contributed by atoms with Crippen LogP contribution in [0.4, 0.5) is 5.69 Å². The minimum Gasteiger partial charge on any atom is -0.464 e. The number of carbonyl (C=O) groups excluding carboxylic acids is 1. The van der Waals surface area contributed by atoms with E-state index in [4.69, 9.17) is 4.42 Å². The van der Waals surface area contributed by atoms with Crippen molar-refractivity contribution in [3.8, 4) is 11.1 Å². The molecule has 0 bridgehead atoms. The van der Waals surface area contributed by atoms with Crippen LogP contribution in [0.15, 0.2) is 77.9 Å². The number of benzene rings is 2. The maximum atomic E-state index is 11.9. The molecule has 0 aliphatic carbocycles. The SMILES string of the molecule is CC(=O)N1CCC(C(Nc2cc(-c3ccc4occ(C)c4c3)c3nccnc3c2)c2cccnc2)CC1. The van der Waals surface area contributed by atoms with Gasteiger partial charge in [0, 0.05) is 61.4 Å². The quantitative estimate of drug-likeness (QED) is 0.317. The molecule has 3 aromatic heterocycles. The molecule has 1 fully saturated rings. The van der Waals surface area contributed by atoms with E-state index in [1.165, 1.54) is 0 Å². The van der Waals surface area contributed by atoms with Gasteiger partial charge in [-0.15, -0.1) is 0 Å². The number of likely N-dealkylation sites (tertiary alicyclic amines) is 1. The number of aromatic nitrogens is 3. The zero-order valence-electron chi connectivity index (χ0n) is 21.0. The van der Waals surface area contributed by atoms with E-state index in [1.807, 2.05) is 23.2 Å². The summed E-state index contributed by atoms with van der Waals surface area (Å²) in [5.74, 6) is 0.512. The van der Waals surface area contributed by atoms with Crippen LogP contribution in [0.2, 0.25) is 0 Å². The van der Waals surface area contributed by atoms with Crippen molar-refractivity contribution in [1.82, 2.24) is 19.9 Å². The highest BCUT2D eigenvalue weighted by Gasteiger charge is 2.29. The number of nitrogens with one attached hydrogen (secondary N) is 1. The number of furan rings is 1. The van der Waals surface area contributed by atoms with Gasteiger partial charge in [-0.1, -0.05) is 12.1 Å². The van der Waals surface area contributed by atoms with Crippen LogP contribution in [0.3, 0.4) is 0 Å². The number of hydrogen-bond acceptors (Lipinski definition) is 6. The standard InChI is InChI=1S/C30H29N5O2/c1-19-18-37-28-6-5-22(14-25(19)28)26-15-24(16-27-30(26)33-11-10-32-27)34-29(23-4-3-9-31-17-23)21-7-12-35(13-8-21)20(2)36/h3-6,9-11,14-18,21,29,34H,7-8,12-13H2,1-2H3. The van der Waals surface area contributed by atoms with Gasteiger partial charge in [0.15, 0.2) is 0 Å². The van der Waals surface area contributed by atoms with Gasteiger partial charge in [-0.2, -0.15) is 0 Å². The van der Waals surface area contributed by atoms with Crippen LogP contribution in [-0.4, -0.2) is 38.8 Å². The number of rotatable bonds is 5. The van der Waals surface area contributed by atoms with Crippen LogP contribution in [0.5, 0.6) is 0 Å². The molecule has 1 amide bonds. The summed E-state index contributed by atoms with van der Waals surface area (Å²) in [5.41, 5.74) is 7.89. The molecule has 0 saturated carbocycles. The maximum absolute atomic E-state index is 11.9. The minimum atomic E-state index is 0.0587. The number of fused-ring (bicyclic) bond motifs is 2. The molecule has 2 aromatic carbocycles. The summed E-state index contributed by atoms with van der Waals surface area (Å²) in [5, 5.41) is 4.92. The summed E-state index contributed by atoms with van der Waals surface area (Å²) < 4.78 is 5.67. The van der Waals surface area contributed by atoms with E-state index in [0.717, 1.165) is 75.9 Å². The number of hydrogen-bond donors (Lipinski definition) is 1. The molecule has 1 aliphatic rings. The highest BCUT2D eigenvalue weighted by Crippen LogP contribution is 2.37. The van der Waals surface area contributed by atoms with E-state index < -0.39 is 0 Å². The maximum Gasteiger partial charge on any atom is 0.219 e. The molecule has 0 radical (unpaired) electrons. The highest BCUT2D eigenvalue weighted by molar-refractivity contribution is 5.97. The lowest BCUT2D eigenvalue weighted by molar-refractivity contribution is -0.130. The fourth-order valence-electron chi connectivity index (χ4n) is 5.46. The Balaban J connectivity index is 1.40. The van der Waals surface area contributed by atoms with E-state index in [9.17, 15) is 4.79 Å². The summed E-state index contributed by atoms with van der Waals surface area (Å²) in [6.07, 6.45) is 10.9. The third-order valence-corrected chi connectivity index (χ3v) is 7.47. The zero-order chi connectivity index (χ0) is 25.4. The average molecular weight is 492 g/mol. The van der Waals surface area contributed by atoms with Crippen LogP contribution >= 0.6 is 0 Å². The van der Waals surface area contributed by atoms with Crippen molar-refractivity contribution in [3.05, 3.63) is 84.6 Å². The molecule has 1 N–H and O–H groups in total. The van der Waals surface area contributed by atoms with Gasteiger partial charge >= 0.3 is 0 Å². The molecular weight excluding hydrogens is 462 g/mol. The predicted octanol–water partition coefficient (Wildman–Crippen LogP) is 6.16. The van der Waals surface area contributed by atoms with Crippen molar-refractivity contribution in [3.63, 3.8) is 0 Å². The Bertz CT molecular complexity index is 1570. The highest BCUT2D eigenvalue weighted by atomic mass is 16.3. The fraction of sp³-hybridized carbons (Fsp3) is 0.267. The van der Waals surface area contributed by atoms with Crippen molar-refractivity contribution in [2.45, 2.75) is 32.7 Å². The van der Waals surface area contributed by atoms with E-state index in [0.29, 0.717) is 5.92 Å². The Morgan fingerprint density at radius 3 is 2.70 bits per heavy atom. The predicted molar refractivity (Wildman–Crippen MR) is 145 cm³/mol. The smallest absolute Gasteiger partial charge is 0.219 e. The summed E-state index contributed by atoms with van der Waals surface area (Å²) >= 11 is 0. The molecule has 1 unspecified atom stereocenters. The van der Waals surface area contributed by atoms with Crippen LogP contribution in [-0.2, 0) is 4.79 Å². The topological polar surface area (TPSA) is 84.2 Å². The summed E-state index contributed by atoms with van der Waals surface area (Å²) in [4.78, 5) is 27.6. The number of nitrogens with zero attached hydrogens (tertiary/aromatic N) is 4. The minimum absolute atomic E-state index is 0.0587. The lowest BCUT2D eigenvalue weighted by atomic mass is 9.85. The normalized spacial score (nSPS) is 15.2. The average Bonchev–Trinajstić information content (AvgIpc) is 3.31. The van der Waals surface area contributed by atoms with Crippen LogP contribution in [0.25, 0.3) is 33.1 Å². The largest absolute Gasteiger partial charge is 0.464 e. The first kappa shape index (κ1) is 23.2. The number of pyridine rings is 1. The fourth-order valence-corrected chi connectivity index (χ4v) is 5.46. The van der Waals surface area contributed by atoms with Crippen molar-refractivity contribution in [2.24, 2.45) is 5.92 Å². The van der Waals surface area contributed by atoms with E-state index in [2.05, 4.69) is 57.5 Å². The molecule has 1 saturated heterocycles. The molecule has 1 aliphatic heterocycles. The van der Waals surface area contributed by atoms with Crippen molar-refractivity contribution in [1.29, 1.82) is 0 Å². The lowest BCUT2D eigenvalue weighted by Gasteiger charge is -2.36. The molecular formula is C30H29N5O2. The van der Waals surface area contributed by atoms with E-state index >= 15 is 0 Å². The number of amides is 1. The van der Waals surface area contributed by atoms with Crippen LogP contribution < -0.4 is 5.32 Å². The summed E-state index contributed by atoms with van der Waals surface area (Å²) in [6, 6.07) is 14.7. The first-order valence-corrected chi connectivity index (χ1v) is 12.7.